The molecule has 37 heavy (non-hydrogen) atoms. The molecule has 2 atom stereocenters. The molecule has 2 aliphatic rings. The number of rotatable bonds is 6. The van der Waals surface area contributed by atoms with E-state index in [1.807, 2.05) is 40.1 Å². The summed E-state index contributed by atoms with van der Waals surface area (Å²) in [6, 6.07) is 15.6. The van der Waals surface area contributed by atoms with Gasteiger partial charge in [0.25, 0.3) is 5.91 Å². The number of esters is 1. The van der Waals surface area contributed by atoms with Crippen LogP contribution in [0.4, 0.5) is 0 Å². The molecule has 2 fully saturated rings. The number of hydrogen-bond acceptors (Lipinski definition) is 6. The molecule has 198 valence electrons. The van der Waals surface area contributed by atoms with Crippen molar-refractivity contribution in [1.29, 1.82) is 0 Å². The third-order valence-corrected chi connectivity index (χ3v) is 7.41. The van der Waals surface area contributed by atoms with Gasteiger partial charge in [-0.1, -0.05) is 24.3 Å². The van der Waals surface area contributed by atoms with Crippen LogP contribution >= 0.6 is 0 Å². The second-order valence-corrected chi connectivity index (χ2v) is 10.3. The standard InChI is InChI=1S/C29H38N4O4/c1-21-17-31(19-24-8-10-26(11-9-24)29(36)37-4)18-22(2)33(21)28(35)27-7-5-6-25(16-27)20-30-12-14-32(15-13-30)23(3)34/h5-11,16,21-22H,12-15,17-20H2,1-4H3/t21-,22+. The third-order valence-electron chi connectivity index (χ3n) is 7.41. The van der Waals surface area contributed by atoms with Gasteiger partial charge in [0, 0.05) is 76.9 Å². The largest absolute Gasteiger partial charge is 0.465 e. The Hall–Kier alpha value is -3.23. The maximum Gasteiger partial charge on any atom is 0.337 e. The van der Waals surface area contributed by atoms with E-state index in [0.717, 1.165) is 69.0 Å². The SMILES string of the molecule is COC(=O)c1ccc(CN2C[C@@H](C)N(C(=O)c3cccc(CN4CCN(C(C)=O)CC4)c3)[C@@H](C)C2)cc1. The van der Waals surface area contributed by atoms with Gasteiger partial charge in [-0.25, -0.2) is 4.79 Å². The van der Waals surface area contributed by atoms with E-state index in [4.69, 9.17) is 4.74 Å². The van der Waals surface area contributed by atoms with Crippen molar-refractivity contribution in [3.8, 4) is 0 Å². The molecular weight excluding hydrogens is 468 g/mol. The lowest BCUT2D eigenvalue weighted by Crippen LogP contribution is -2.58. The van der Waals surface area contributed by atoms with Crippen LogP contribution in [0.2, 0.25) is 0 Å². The van der Waals surface area contributed by atoms with E-state index in [2.05, 4.69) is 29.7 Å². The number of hydrogen-bond donors (Lipinski definition) is 0. The molecule has 0 unspecified atom stereocenters. The van der Waals surface area contributed by atoms with Crippen LogP contribution in [0.15, 0.2) is 48.5 Å². The van der Waals surface area contributed by atoms with Crippen LogP contribution in [0.3, 0.4) is 0 Å². The molecule has 2 aliphatic heterocycles. The molecule has 2 aromatic carbocycles. The number of ether oxygens (including phenoxy) is 1. The van der Waals surface area contributed by atoms with E-state index in [1.54, 1.807) is 19.1 Å². The monoisotopic (exact) mass is 506 g/mol. The van der Waals surface area contributed by atoms with Gasteiger partial charge in [0.1, 0.15) is 0 Å². The van der Waals surface area contributed by atoms with Gasteiger partial charge >= 0.3 is 5.97 Å². The Morgan fingerprint density at radius 2 is 1.43 bits per heavy atom. The Morgan fingerprint density at radius 3 is 2.03 bits per heavy atom. The number of benzene rings is 2. The minimum absolute atomic E-state index is 0.0744. The van der Waals surface area contributed by atoms with Crippen molar-refractivity contribution in [2.45, 2.75) is 45.9 Å². The smallest absolute Gasteiger partial charge is 0.337 e. The topological polar surface area (TPSA) is 73.4 Å². The minimum Gasteiger partial charge on any atom is -0.465 e. The Labute approximate surface area is 219 Å². The van der Waals surface area contributed by atoms with Crippen LogP contribution in [-0.4, -0.2) is 95.8 Å². The molecule has 8 heteroatoms. The second kappa shape index (κ2) is 11.9. The summed E-state index contributed by atoms with van der Waals surface area (Å²) in [6.45, 7) is 12.2. The molecule has 0 aliphatic carbocycles. The summed E-state index contributed by atoms with van der Waals surface area (Å²) in [5, 5.41) is 0. The second-order valence-electron chi connectivity index (χ2n) is 10.3. The third kappa shape index (κ3) is 6.56. The highest BCUT2D eigenvalue weighted by Gasteiger charge is 2.33. The van der Waals surface area contributed by atoms with Gasteiger partial charge in [0.15, 0.2) is 0 Å². The fraction of sp³-hybridized carbons (Fsp3) is 0.483. The van der Waals surface area contributed by atoms with Crippen molar-refractivity contribution in [3.63, 3.8) is 0 Å². The maximum absolute atomic E-state index is 13.6. The first-order valence-corrected chi connectivity index (χ1v) is 13.0. The molecule has 2 amide bonds. The molecule has 8 nitrogen and oxygen atoms in total. The fourth-order valence-corrected chi connectivity index (χ4v) is 5.51. The molecule has 0 radical (unpaired) electrons. The molecule has 0 spiro atoms. The highest BCUT2D eigenvalue weighted by molar-refractivity contribution is 5.95. The summed E-state index contributed by atoms with van der Waals surface area (Å²) in [7, 11) is 1.38. The number of methoxy groups -OCH3 is 1. The molecule has 0 N–H and O–H groups in total. The van der Waals surface area contributed by atoms with Crippen molar-refractivity contribution in [2.75, 3.05) is 46.4 Å². The molecule has 2 aromatic rings. The van der Waals surface area contributed by atoms with Crippen molar-refractivity contribution in [3.05, 3.63) is 70.8 Å². The first kappa shape index (κ1) is 26.8. The number of nitrogens with zero attached hydrogens (tertiary/aromatic N) is 4. The Morgan fingerprint density at radius 1 is 0.811 bits per heavy atom. The van der Waals surface area contributed by atoms with E-state index < -0.39 is 0 Å². The number of carbonyl (C=O) groups excluding carboxylic acids is 3. The van der Waals surface area contributed by atoms with E-state index in [1.165, 1.54) is 7.11 Å². The van der Waals surface area contributed by atoms with E-state index in [0.29, 0.717) is 5.56 Å². The van der Waals surface area contributed by atoms with Gasteiger partial charge < -0.3 is 14.5 Å². The first-order valence-electron chi connectivity index (χ1n) is 13.0. The Balaban J connectivity index is 1.35. The van der Waals surface area contributed by atoms with Crippen molar-refractivity contribution >= 4 is 17.8 Å². The normalized spacial score (nSPS) is 21.1. The minimum atomic E-state index is -0.333. The molecular formula is C29H38N4O4. The fourth-order valence-electron chi connectivity index (χ4n) is 5.51. The molecule has 0 bridgehead atoms. The van der Waals surface area contributed by atoms with E-state index in [-0.39, 0.29) is 29.9 Å². The van der Waals surface area contributed by atoms with Crippen molar-refractivity contribution in [2.24, 2.45) is 0 Å². The van der Waals surface area contributed by atoms with Gasteiger partial charge in [-0.2, -0.15) is 0 Å². The molecule has 0 saturated carbocycles. The van der Waals surface area contributed by atoms with Crippen LogP contribution in [0.5, 0.6) is 0 Å². The number of piperazine rings is 2. The van der Waals surface area contributed by atoms with Crippen LogP contribution in [-0.2, 0) is 22.6 Å². The molecule has 0 aromatic heterocycles. The van der Waals surface area contributed by atoms with Gasteiger partial charge in [-0.05, 0) is 49.2 Å². The van der Waals surface area contributed by atoms with Gasteiger partial charge in [0.05, 0.1) is 12.7 Å². The van der Waals surface area contributed by atoms with Crippen LogP contribution in [0.1, 0.15) is 52.6 Å². The average molecular weight is 507 g/mol. The summed E-state index contributed by atoms with van der Waals surface area (Å²) in [4.78, 5) is 45.5. The van der Waals surface area contributed by atoms with E-state index in [9.17, 15) is 14.4 Å². The van der Waals surface area contributed by atoms with E-state index >= 15 is 0 Å². The van der Waals surface area contributed by atoms with Crippen LogP contribution in [0, 0.1) is 0 Å². The lowest BCUT2D eigenvalue weighted by molar-refractivity contribution is -0.130. The summed E-state index contributed by atoms with van der Waals surface area (Å²) >= 11 is 0. The summed E-state index contributed by atoms with van der Waals surface area (Å²) in [5.41, 5.74) is 3.52. The lowest BCUT2D eigenvalue weighted by atomic mass is 10.0. The van der Waals surface area contributed by atoms with Gasteiger partial charge in [0.2, 0.25) is 5.91 Å². The zero-order valence-electron chi connectivity index (χ0n) is 22.4. The summed E-state index contributed by atoms with van der Waals surface area (Å²) in [5.74, 6) is -0.127. The highest BCUT2D eigenvalue weighted by Crippen LogP contribution is 2.22. The Bertz CT molecular complexity index is 1100. The zero-order valence-corrected chi connectivity index (χ0v) is 22.4. The van der Waals surface area contributed by atoms with Crippen molar-refractivity contribution in [1.82, 2.24) is 19.6 Å². The first-order chi connectivity index (χ1) is 17.7. The lowest BCUT2D eigenvalue weighted by Gasteiger charge is -2.44. The maximum atomic E-state index is 13.6. The summed E-state index contributed by atoms with van der Waals surface area (Å²) in [6.07, 6.45) is 0. The quantitative estimate of drug-likeness (QED) is 0.561. The highest BCUT2D eigenvalue weighted by atomic mass is 16.5. The molecule has 4 rings (SSSR count). The van der Waals surface area contributed by atoms with Gasteiger partial charge in [-0.3, -0.25) is 19.4 Å². The Kier molecular flexibility index (Phi) is 8.61. The summed E-state index contributed by atoms with van der Waals surface area (Å²) < 4.78 is 4.78. The molecule has 2 heterocycles. The average Bonchev–Trinajstić information content (AvgIpc) is 2.88. The van der Waals surface area contributed by atoms with Crippen molar-refractivity contribution < 1.29 is 19.1 Å². The zero-order chi connectivity index (χ0) is 26.5. The number of amides is 2. The van der Waals surface area contributed by atoms with Crippen LogP contribution in [0.25, 0.3) is 0 Å². The number of carbonyl (C=O) groups is 3. The molecule has 2 saturated heterocycles. The predicted octanol–water partition coefficient (Wildman–Crippen LogP) is 2.87. The van der Waals surface area contributed by atoms with Gasteiger partial charge in [-0.15, -0.1) is 0 Å². The predicted molar refractivity (Wildman–Crippen MR) is 142 cm³/mol. The van der Waals surface area contributed by atoms with Crippen LogP contribution < -0.4 is 0 Å².